The molecule has 0 amide bonds. The maximum atomic E-state index is 10.3. The minimum Gasteiger partial charge on any atom is -0.481 e. The van der Waals surface area contributed by atoms with Gasteiger partial charge in [-0.25, -0.2) is 0 Å². The number of carboxylic acids is 1. The van der Waals surface area contributed by atoms with E-state index in [1.165, 1.54) is 0 Å². The maximum Gasteiger partial charge on any atom is 0.303 e. The molecule has 1 unspecified atom stereocenters. The van der Waals surface area contributed by atoms with Crippen molar-refractivity contribution in [1.82, 2.24) is 10.2 Å². The third kappa shape index (κ3) is 7.31. The Kier molecular flexibility index (Phi) is 7.16. The highest BCUT2D eigenvalue weighted by atomic mass is 16.5. The molecule has 0 radical (unpaired) electrons. The number of nitrogens with zero attached hydrogens (tertiary/aromatic N) is 1. The van der Waals surface area contributed by atoms with Crippen molar-refractivity contribution in [2.45, 2.75) is 31.8 Å². The van der Waals surface area contributed by atoms with E-state index in [9.17, 15) is 4.79 Å². The summed E-state index contributed by atoms with van der Waals surface area (Å²) >= 11 is 0. The van der Waals surface area contributed by atoms with Gasteiger partial charge in [-0.1, -0.05) is 6.42 Å². The molecule has 1 atom stereocenters. The molecular formula is C12H24N2O3. The maximum absolute atomic E-state index is 10.3. The number of ether oxygens (including phenoxy) is 1. The van der Waals surface area contributed by atoms with Gasteiger partial charge in [0.05, 0.1) is 12.7 Å². The zero-order chi connectivity index (χ0) is 12.5. The highest BCUT2D eigenvalue weighted by Gasteiger charge is 2.16. The van der Waals surface area contributed by atoms with Crippen LogP contribution < -0.4 is 5.32 Å². The van der Waals surface area contributed by atoms with E-state index in [0.717, 1.165) is 52.0 Å². The average Bonchev–Trinajstić information content (AvgIpc) is 2.27. The van der Waals surface area contributed by atoms with Gasteiger partial charge in [-0.2, -0.15) is 0 Å². The molecule has 100 valence electrons. The number of hydrogen-bond acceptors (Lipinski definition) is 4. The minimum absolute atomic E-state index is 0.288. The van der Waals surface area contributed by atoms with Crippen molar-refractivity contribution in [2.75, 3.05) is 39.8 Å². The molecule has 2 N–H and O–H groups in total. The molecule has 0 aliphatic carbocycles. The molecule has 1 aliphatic rings. The van der Waals surface area contributed by atoms with Crippen molar-refractivity contribution < 1.29 is 14.6 Å². The molecule has 0 saturated carbocycles. The summed E-state index contributed by atoms with van der Waals surface area (Å²) in [6, 6.07) is 0. The lowest BCUT2D eigenvalue weighted by Gasteiger charge is -2.30. The molecule has 17 heavy (non-hydrogen) atoms. The third-order valence-electron chi connectivity index (χ3n) is 2.96. The van der Waals surface area contributed by atoms with Crippen molar-refractivity contribution in [3.05, 3.63) is 0 Å². The Labute approximate surface area is 103 Å². The Morgan fingerprint density at radius 3 is 3.00 bits per heavy atom. The summed E-state index contributed by atoms with van der Waals surface area (Å²) in [7, 11) is 2.11. The van der Waals surface area contributed by atoms with Crippen LogP contribution in [-0.2, 0) is 9.53 Å². The van der Waals surface area contributed by atoms with Crippen LogP contribution in [0.4, 0.5) is 0 Å². The molecule has 1 heterocycles. The number of likely N-dealkylation sites (N-methyl/N-ethyl adjacent to an activating group) is 1. The first-order valence-electron chi connectivity index (χ1n) is 6.41. The van der Waals surface area contributed by atoms with Crippen molar-refractivity contribution in [1.29, 1.82) is 0 Å². The van der Waals surface area contributed by atoms with Crippen LogP contribution in [0.1, 0.15) is 25.7 Å². The summed E-state index contributed by atoms with van der Waals surface area (Å²) < 4.78 is 5.63. The molecule has 5 nitrogen and oxygen atoms in total. The Hall–Kier alpha value is -0.650. The molecule has 1 aliphatic heterocycles. The van der Waals surface area contributed by atoms with Gasteiger partial charge in [-0.15, -0.1) is 0 Å². The normalized spacial score (nSPS) is 21.6. The predicted molar refractivity (Wildman–Crippen MR) is 66.2 cm³/mol. The monoisotopic (exact) mass is 244 g/mol. The number of unbranched alkanes of at least 4 members (excludes halogenated alkanes) is 2. The number of morpholine rings is 1. The Balaban J connectivity index is 1.88. The molecular weight excluding hydrogens is 220 g/mol. The average molecular weight is 244 g/mol. The van der Waals surface area contributed by atoms with Crippen molar-refractivity contribution in [2.24, 2.45) is 0 Å². The number of carboxylic acid groups (broad SMARTS) is 1. The second kappa shape index (κ2) is 8.44. The summed E-state index contributed by atoms with van der Waals surface area (Å²) in [5, 5.41) is 11.8. The summed E-state index contributed by atoms with van der Waals surface area (Å²) in [5.74, 6) is -0.698. The van der Waals surface area contributed by atoms with E-state index in [1.54, 1.807) is 0 Å². The fraction of sp³-hybridized carbons (Fsp3) is 0.917. The summed E-state index contributed by atoms with van der Waals surface area (Å²) in [4.78, 5) is 12.6. The van der Waals surface area contributed by atoms with E-state index in [1.807, 2.05) is 0 Å². The SMILES string of the molecule is CN1CCOC(CNCCCCCC(=O)O)C1. The van der Waals surface area contributed by atoms with Gasteiger partial charge < -0.3 is 20.1 Å². The molecule has 1 fully saturated rings. The molecule has 0 spiro atoms. The highest BCUT2D eigenvalue weighted by molar-refractivity contribution is 5.66. The first-order chi connectivity index (χ1) is 8.18. The fourth-order valence-corrected chi connectivity index (χ4v) is 1.96. The standard InChI is InChI=1S/C12H24N2O3/c1-14-7-8-17-11(10-14)9-13-6-4-2-3-5-12(15)16/h11,13H,2-10H2,1H3,(H,15,16). The van der Waals surface area contributed by atoms with Crippen molar-refractivity contribution in [3.63, 3.8) is 0 Å². The molecule has 0 aromatic carbocycles. The van der Waals surface area contributed by atoms with Gasteiger partial charge in [0.2, 0.25) is 0 Å². The van der Waals surface area contributed by atoms with Crippen molar-refractivity contribution >= 4 is 5.97 Å². The summed E-state index contributed by atoms with van der Waals surface area (Å²) in [6.07, 6.45) is 3.38. The van der Waals surface area contributed by atoms with Crippen LogP contribution in [0.3, 0.4) is 0 Å². The van der Waals surface area contributed by atoms with E-state index in [-0.39, 0.29) is 6.42 Å². The molecule has 0 aromatic heterocycles. The predicted octanol–water partition coefficient (Wildman–Crippen LogP) is 0.552. The van der Waals surface area contributed by atoms with Crippen LogP contribution in [0.5, 0.6) is 0 Å². The van der Waals surface area contributed by atoms with Crippen LogP contribution in [0.25, 0.3) is 0 Å². The third-order valence-corrected chi connectivity index (χ3v) is 2.96. The van der Waals surface area contributed by atoms with Gasteiger partial charge in [0.15, 0.2) is 0 Å². The second-order valence-electron chi connectivity index (χ2n) is 4.66. The molecule has 5 heteroatoms. The van der Waals surface area contributed by atoms with Crippen molar-refractivity contribution in [3.8, 4) is 0 Å². The highest BCUT2D eigenvalue weighted by Crippen LogP contribution is 2.02. The molecule has 0 aromatic rings. The van der Waals surface area contributed by atoms with Crippen LogP contribution in [0, 0.1) is 0 Å². The van der Waals surface area contributed by atoms with Gasteiger partial charge in [-0.05, 0) is 26.4 Å². The zero-order valence-electron chi connectivity index (χ0n) is 10.7. The second-order valence-corrected chi connectivity index (χ2v) is 4.66. The van der Waals surface area contributed by atoms with E-state index < -0.39 is 5.97 Å². The number of hydrogen-bond donors (Lipinski definition) is 2. The summed E-state index contributed by atoms with van der Waals surface area (Å²) in [5.41, 5.74) is 0. The van der Waals surface area contributed by atoms with E-state index in [4.69, 9.17) is 9.84 Å². The van der Waals surface area contributed by atoms with Crippen LogP contribution >= 0.6 is 0 Å². The smallest absolute Gasteiger partial charge is 0.303 e. The fourth-order valence-electron chi connectivity index (χ4n) is 1.96. The van der Waals surface area contributed by atoms with Gasteiger partial charge in [0, 0.05) is 26.1 Å². The number of carbonyl (C=O) groups is 1. The molecule has 1 rings (SSSR count). The molecule has 0 bridgehead atoms. The Morgan fingerprint density at radius 2 is 2.29 bits per heavy atom. The lowest BCUT2D eigenvalue weighted by molar-refractivity contribution is -0.137. The van der Waals surface area contributed by atoms with E-state index in [2.05, 4.69) is 17.3 Å². The van der Waals surface area contributed by atoms with Crippen LogP contribution in [0.15, 0.2) is 0 Å². The van der Waals surface area contributed by atoms with E-state index >= 15 is 0 Å². The van der Waals surface area contributed by atoms with Crippen LogP contribution in [0.2, 0.25) is 0 Å². The van der Waals surface area contributed by atoms with Gasteiger partial charge >= 0.3 is 5.97 Å². The van der Waals surface area contributed by atoms with Gasteiger partial charge in [0.25, 0.3) is 0 Å². The molecule has 1 saturated heterocycles. The first-order valence-corrected chi connectivity index (χ1v) is 6.41. The summed E-state index contributed by atoms with van der Waals surface area (Å²) in [6.45, 7) is 4.67. The lowest BCUT2D eigenvalue weighted by Crippen LogP contribution is -2.44. The topological polar surface area (TPSA) is 61.8 Å². The lowest BCUT2D eigenvalue weighted by atomic mass is 10.2. The zero-order valence-corrected chi connectivity index (χ0v) is 10.7. The van der Waals surface area contributed by atoms with Crippen LogP contribution in [-0.4, -0.2) is 61.9 Å². The Morgan fingerprint density at radius 1 is 1.47 bits per heavy atom. The van der Waals surface area contributed by atoms with Gasteiger partial charge in [0.1, 0.15) is 0 Å². The Bertz CT molecular complexity index is 224. The number of rotatable bonds is 8. The number of nitrogens with one attached hydrogen (secondary N) is 1. The minimum atomic E-state index is -0.698. The first kappa shape index (κ1) is 14.4. The number of aliphatic carboxylic acids is 1. The largest absolute Gasteiger partial charge is 0.481 e. The van der Waals surface area contributed by atoms with Gasteiger partial charge in [-0.3, -0.25) is 4.79 Å². The van der Waals surface area contributed by atoms with E-state index in [0.29, 0.717) is 6.10 Å². The quantitative estimate of drug-likeness (QED) is 0.611.